The summed E-state index contributed by atoms with van der Waals surface area (Å²) in [4.78, 5) is 28.7. The molecule has 5 heteroatoms. The average molecular weight is 297 g/mol. The molecule has 2 aliphatic rings. The summed E-state index contributed by atoms with van der Waals surface area (Å²) in [6.07, 6.45) is 0.811. The van der Waals surface area contributed by atoms with Crippen molar-refractivity contribution in [2.75, 3.05) is 26.7 Å². The van der Waals surface area contributed by atoms with Crippen LogP contribution in [0.2, 0.25) is 0 Å². The van der Waals surface area contributed by atoms with E-state index in [1.165, 1.54) is 0 Å². The van der Waals surface area contributed by atoms with Crippen molar-refractivity contribution in [2.24, 2.45) is 11.3 Å². The Hall–Kier alpha value is -2.35. The number of hydrogen-bond donors (Lipinski definition) is 0. The van der Waals surface area contributed by atoms with Crippen LogP contribution in [0.5, 0.6) is 0 Å². The average Bonchev–Trinajstić information content (AvgIpc) is 3.02. The standard InChI is InChI=1S/C17H19N3O2/c1-12-10-20(11-17(12)6-7-19(2)16(17)22)15(21)14-5-3-4-13(8-14)9-18/h3-5,8,12H,6-7,10-11H2,1-2H3/t12-,17-/m1/s1. The maximum Gasteiger partial charge on any atom is 0.253 e. The Morgan fingerprint density at radius 1 is 1.45 bits per heavy atom. The molecule has 22 heavy (non-hydrogen) atoms. The molecule has 2 heterocycles. The van der Waals surface area contributed by atoms with Gasteiger partial charge >= 0.3 is 0 Å². The number of amides is 2. The first kappa shape index (κ1) is 14.6. The Labute approximate surface area is 130 Å². The normalized spacial score (nSPS) is 27.5. The Bertz CT molecular complexity index is 679. The molecule has 0 N–H and O–H groups in total. The van der Waals surface area contributed by atoms with Gasteiger partial charge in [-0.05, 0) is 30.5 Å². The van der Waals surface area contributed by atoms with Crippen molar-refractivity contribution in [3.8, 4) is 6.07 Å². The van der Waals surface area contributed by atoms with E-state index in [0.29, 0.717) is 24.2 Å². The molecule has 0 radical (unpaired) electrons. The van der Waals surface area contributed by atoms with E-state index in [2.05, 4.69) is 13.0 Å². The second-order valence-electron chi connectivity index (χ2n) is 6.41. The van der Waals surface area contributed by atoms with Crippen LogP contribution in [0.15, 0.2) is 24.3 Å². The van der Waals surface area contributed by atoms with Crippen LogP contribution in [0.1, 0.15) is 29.3 Å². The monoisotopic (exact) mass is 297 g/mol. The van der Waals surface area contributed by atoms with E-state index in [4.69, 9.17) is 5.26 Å². The topological polar surface area (TPSA) is 64.4 Å². The highest BCUT2D eigenvalue weighted by molar-refractivity contribution is 5.96. The molecule has 2 fully saturated rings. The minimum Gasteiger partial charge on any atom is -0.345 e. The summed E-state index contributed by atoms with van der Waals surface area (Å²) in [6, 6.07) is 8.79. The zero-order valence-corrected chi connectivity index (χ0v) is 12.9. The number of carbonyl (C=O) groups is 2. The summed E-state index contributed by atoms with van der Waals surface area (Å²) in [5, 5.41) is 8.96. The fraction of sp³-hybridized carbons (Fsp3) is 0.471. The zero-order valence-electron chi connectivity index (χ0n) is 12.9. The lowest BCUT2D eigenvalue weighted by Crippen LogP contribution is -2.39. The first-order valence-corrected chi connectivity index (χ1v) is 7.53. The lowest BCUT2D eigenvalue weighted by atomic mass is 9.78. The third-order valence-electron chi connectivity index (χ3n) is 5.10. The van der Waals surface area contributed by atoms with E-state index in [9.17, 15) is 9.59 Å². The number of likely N-dealkylation sites (tertiary alicyclic amines) is 2. The molecule has 2 aliphatic heterocycles. The quantitative estimate of drug-likeness (QED) is 0.789. The second kappa shape index (κ2) is 5.13. The molecular formula is C17H19N3O2. The van der Waals surface area contributed by atoms with Crippen molar-refractivity contribution in [3.63, 3.8) is 0 Å². The van der Waals surface area contributed by atoms with E-state index < -0.39 is 5.41 Å². The van der Waals surface area contributed by atoms with Crippen molar-refractivity contribution in [1.29, 1.82) is 5.26 Å². The van der Waals surface area contributed by atoms with Gasteiger partial charge in [0.15, 0.2) is 0 Å². The number of nitrogens with zero attached hydrogens (tertiary/aromatic N) is 3. The lowest BCUT2D eigenvalue weighted by molar-refractivity contribution is -0.135. The van der Waals surface area contributed by atoms with Gasteiger partial charge in [0, 0.05) is 32.2 Å². The minimum atomic E-state index is -0.419. The van der Waals surface area contributed by atoms with E-state index in [1.54, 1.807) is 34.1 Å². The van der Waals surface area contributed by atoms with Crippen molar-refractivity contribution in [3.05, 3.63) is 35.4 Å². The number of benzene rings is 1. The molecule has 3 rings (SSSR count). The SMILES string of the molecule is C[C@@H]1CN(C(=O)c2cccc(C#N)c2)C[C@]12CCN(C)C2=O. The van der Waals surface area contributed by atoms with Crippen LogP contribution in [-0.2, 0) is 4.79 Å². The van der Waals surface area contributed by atoms with Gasteiger partial charge in [0.2, 0.25) is 5.91 Å². The molecule has 1 spiro atoms. The molecule has 0 saturated carbocycles. The van der Waals surface area contributed by atoms with Crippen molar-refractivity contribution < 1.29 is 9.59 Å². The van der Waals surface area contributed by atoms with Gasteiger partial charge in [-0.3, -0.25) is 9.59 Å². The summed E-state index contributed by atoms with van der Waals surface area (Å²) in [5.41, 5.74) is 0.573. The summed E-state index contributed by atoms with van der Waals surface area (Å²) < 4.78 is 0. The van der Waals surface area contributed by atoms with Gasteiger partial charge < -0.3 is 9.80 Å². The molecule has 2 amide bonds. The van der Waals surface area contributed by atoms with Crippen molar-refractivity contribution in [2.45, 2.75) is 13.3 Å². The summed E-state index contributed by atoms with van der Waals surface area (Å²) in [7, 11) is 1.82. The van der Waals surface area contributed by atoms with E-state index in [1.807, 2.05) is 7.05 Å². The maximum atomic E-state index is 12.7. The van der Waals surface area contributed by atoms with E-state index >= 15 is 0 Å². The van der Waals surface area contributed by atoms with Gasteiger partial charge in [0.05, 0.1) is 17.0 Å². The van der Waals surface area contributed by atoms with Gasteiger partial charge in [-0.15, -0.1) is 0 Å². The van der Waals surface area contributed by atoms with Gasteiger partial charge in [0.1, 0.15) is 0 Å². The van der Waals surface area contributed by atoms with Crippen molar-refractivity contribution >= 4 is 11.8 Å². The van der Waals surface area contributed by atoms with E-state index in [-0.39, 0.29) is 17.7 Å². The van der Waals surface area contributed by atoms with Gasteiger partial charge in [0.25, 0.3) is 5.91 Å². The molecule has 114 valence electrons. The van der Waals surface area contributed by atoms with Gasteiger partial charge in [-0.1, -0.05) is 13.0 Å². The largest absolute Gasteiger partial charge is 0.345 e. The third-order valence-corrected chi connectivity index (χ3v) is 5.10. The van der Waals surface area contributed by atoms with E-state index in [0.717, 1.165) is 13.0 Å². The Morgan fingerprint density at radius 2 is 2.23 bits per heavy atom. The Kier molecular flexibility index (Phi) is 3.40. The van der Waals surface area contributed by atoms with Crippen molar-refractivity contribution in [1.82, 2.24) is 9.80 Å². The summed E-state index contributed by atoms with van der Waals surface area (Å²) in [5.74, 6) is 0.220. The molecule has 0 aliphatic carbocycles. The molecule has 1 aromatic carbocycles. The first-order valence-electron chi connectivity index (χ1n) is 7.53. The summed E-state index contributed by atoms with van der Waals surface area (Å²) >= 11 is 0. The molecule has 5 nitrogen and oxygen atoms in total. The van der Waals surface area contributed by atoms with Gasteiger partial charge in [-0.2, -0.15) is 5.26 Å². The number of rotatable bonds is 1. The van der Waals surface area contributed by atoms with Crippen LogP contribution in [-0.4, -0.2) is 48.3 Å². The van der Waals surface area contributed by atoms with Crippen LogP contribution in [0.4, 0.5) is 0 Å². The highest BCUT2D eigenvalue weighted by Gasteiger charge is 2.55. The predicted octanol–water partition coefficient (Wildman–Crippen LogP) is 1.50. The molecule has 1 aromatic rings. The number of carbonyl (C=O) groups excluding carboxylic acids is 2. The molecule has 0 unspecified atom stereocenters. The maximum absolute atomic E-state index is 12.7. The molecular weight excluding hydrogens is 278 g/mol. The Morgan fingerprint density at radius 3 is 2.86 bits per heavy atom. The minimum absolute atomic E-state index is 0.0943. The second-order valence-corrected chi connectivity index (χ2v) is 6.41. The van der Waals surface area contributed by atoms with Crippen LogP contribution in [0.3, 0.4) is 0 Å². The highest BCUT2D eigenvalue weighted by Crippen LogP contribution is 2.44. The summed E-state index contributed by atoms with van der Waals surface area (Å²) in [6.45, 7) is 3.88. The smallest absolute Gasteiger partial charge is 0.253 e. The fourth-order valence-corrected chi connectivity index (χ4v) is 3.69. The predicted molar refractivity (Wildman–Crippen MR) is 80.9 cm³/mol. The van der Waals surface area contributed by atoms with Crippen LogP contribution in [0, 0.1) is 22.7 Å². The Balaban J connectivity index is 1.84. The molecule has 2 saturated heterocycles. The van der Waals surface area contributed by atoms with Crippen LogP contribution < -0.4 is 0 Å². The number of hydrogen-bond acceptors (Lipinski definition) is 3. The third kappa shape index (κ3) is 2.07. The molecule has 0 bridgehead atoms. The lowest BCUT2D eigenvalue weighted by Gasteiger charge is -2.25. The number of nitriles is 1. The highest BCUT2D eigenvalue weighted by atomic mass is 16.2. The van der Waals surface area contributed by atoms with Crippen LogP contribution in [0.25, 0.3) is 0 Å². The van der Waals surface area contributed by atoms with Gasteiger partial charge in [-0.25, -0.2) is 0 Å². The molecule has 0 aromatic heterocycles. The fourth-order valence-electron chi connectivity index (χ4n) is 3.69. The van der Waals surface area contributed by atoms with Crippen LogP contribution >= 0.6 is 0 Å². The molecule has 2 atom stereocenters. The first-order chi connectivity index (χ1) is 10.5. The zero-order chi connectivity index (χ0) is 15.9.